The van der Waals surface area contributed by atoms with Crippen molar-refractivity contribution in [2.75, 3.05) is 12.4 Å². The molecule has 1 unspecified atom stereocenters. The molecule has 0 heterocycles. The predicted octanol–water partition coefficient (Wildman–Crippen LogP) is 2.72. The zero-order valence-corrected chi connectivity index (χ0v) is 9.74. The third-order valence-corrected chi connectivity index (χ3v) is 2.25. The molecule has 0 aromatic heterocycles. The number of rotatable bonds is 3. The van der Waals surface area contributed by atoms with Crippen LogP contribution in [0.1, 0.15) is 18.1 Å². The van der Waals surface area contributed by atoms with Crippen LogP contribution in [0.2, 0.25) is 0 Å². The molecule has 4 nitrogen and oxygen atoms in total. The second-order valence-electron chi connectivity index (χ2n) is 3.43. The fraction of sp³-hybridized carbons (Fsp3) is 0.333. The Morgan fingerprint density at radius 3 is 2.81 bits per heavy atom. The van der Waals surface area contributed by atoms with Gasteiger partial charge in [0, 0.05) is 12.8 Å². The lowest BCUT2D eigenvalue weighted by atomic mass is 10.1. The number of ether oxygens (including phenoxy) is 2. The van der Waals surface area contributed by atoms with Crippen LogP contribution in [0.5, 0.6) is 0 Å². The number of hydrogen-bond donors (Lipinski definition) is 1. The number of benzene rings is 1. The molecule has 87 valence electrons. The second-order valence-corrected chi connectivity index (χ2v) is 3.43. The van der Waals surface area contributed by atoms with Crippen LogP contribution in [-0.4, -0.2) is 19.5 Å². The van der Waals surface area contributed by atoms with Gasteiger partial charge in [0.05, 0.1) is 0 Å². The molecule has 1 rings (SSSR count). The van der Waals surface area contributed by atoms with Crippen LogP contribution in [0.3, 0.4) is 0 Å². The van der Waals surface area contributed by atoms with Crippen LogP contribution < -0.4 is 5.32 Å². The molecule has 16 heavy (non-hydrogen) atoms. The minimum atomic E-state index is -0.571. The van der Waals surface area contributed by atoms with Crippen molar-refractivity contribution in [3.05, 3.63) is 36.2 Å². The van der Waals surface area contributed by atoms with Gasteiger partial charge in [-0.2, -0.15) is 0 Å². The summed E-state index contributed by atoms with van der Waals surface area (Å²) in [5.41, 5.74) is 2.44. The predicted molar refractivity (Wildman–Crippen MR) is 62.2 cm³/mol. The van der Waals surface area contributed by atoms with Gasteiger partial charge in [-0.05, 0) is 38.0 Å². The van der Waals surface area contributed by atoms with E-state index in [1.165, 1.54) is 7.11 Å². The number of carbonyl (C=O) groups is 1. The topological polar surface area (TPSA) is 47.6 Å². The lowest BCUT2D eigenvalue weighted by molar-refractivity contribution is -0.0629. The van der Waals surface area contributed by atoms with Crippen molar-refractivity contribution in [3.63, 3.8) is 0 Å². The third kappa shape index (κ3) is 3.24. The summed E-state index contributed by atoms with van der Waals surface area (Å²) in [6, 6.07) is 5.55. The van der Waals surface area contributed by atoms with Crippen LogP contribution in [0.25, 0.3) is 0 Å². The zero-order valence-electron chi connectivity index (χ0n) is 9.74. The fourth-order valence-electron chi connectivity index (χ4n) is 1.16. The van der Waals surface area contributed by atoms with Crippen molar-refractivity contribution in [2.45, 2.75) is 20.1 Å². The van der Waals surface area contributed by atoms with E-state index in [9.17, 15) is 4.79 Å². The monoisotopic (exact) mass is 222 g/mol. The smallest absolute Gasteiger partial charge is 0.413 e. The largest absolute Gasteiger partial charge is 0.420 e. The van der Waals surface area contributed by atoms with Crippen molar-refractivity contribution in [1.82, 2.24) is 0 Å². The molecule has 1 atom stereocenters. The summed E-state index contributed by atoms with van der Waals surface area (Å²) in [5, 5.41) is 2.61. The van der Waals surface area contributed by atoms with Crippen molar-refractivity contribution in [1.29, 1.82) is 0 Å². The second kappa shape index (κ2) is 5.51. The van der Waals surface area contributed by atoms with Gasteiger partial charge in [0.15, 0.2) is 0 Å². The Morgan fingerprint density at radius 2 is 2.19 bits per heavy atom. The molecule has 1 aromatic rings. The van der Waals surface area contributed by atoms with Gasteiger partial charge >= 0.3 is 6.09 Å². The summed E-state index contributed by atoms with van der Waals surface area (Å²) in [4.78, 5) is 11.4. The summed E-state index contributed by atoms with van der Waals surface area (Å²) in [6.07, 6.45) is -1.12. The Bertz CT molecular complexity index is 377. The first-order chi connectivity index (χ1) is 7.54. The molecule has 1 radical (unpaired) electrons. The highest BCUT2D eigenvalue weighted by Crippen LogP contribution is 2.18. The van der Waals surface area contributed by atoms with Gasteiger partial charge in [-0.25, -0.2) is 4.79 Å². The molecule has 0 aliphatic rings. The summed E-state index contributed by atoms with van der Waals surface area (Å²) in [7, 11) is 1.47. The molecule has 1 N–H and O–H groups in total. The standard InChI is InChI=1S/C12H16NO3/c1-8-6-5-7-11(9(8)2)13-12(14)16-10(3)15-4/h5-7,10H,2H2,1,3-4H3,(H,13,14). The molecule has 0 aliphatic carbocycles. The van der Waals surface area contributed by atoms with Crippen LogP contribution >= 0.6 is 0 Å². The van der Waals surface area contributed by atoms with Crippen LogP contribution in [0.15, 0.2) is 18.2 Å². The Labute approximate surface area is 95.6 Å². The SMILES string of the molecule is [CH2]c1c(C)cccc1NC(=O)OC(C)OC. The molecule has 1 aromatic carbocycles. The van der Waals surface area contributed by atoms with E-state index < -0.39 is 12.4 Å². The normalized spacial score (nSPS) is 12.0. The Balaban J connectivity index is 2.66. The van der Waals surface area contributed by atoms with Gasteiger partial charge in [-0.3, -0.25) is 5.32 Å². The molecular formula is C12H16NO3. The number of aryl methyl sites for hydroxylation is 1. The summed E-state index contributed by atoms with van der Waals surface area (Å²) in [5.74, 6) is 0. The van der Waals surface area contributed by atoms with E-state index in [1.54, 1.807) is 13.0 Å². The summed E-state index contributed by atoms with van der Waals surface area (Å²) >= 11 is 0. The molecule has 0 fully saturated rings. The van der Waals surface area contributed by atoms with Crippen LogP contribution in [0, 0.1) is 13.8 Å². The van der Waals surface area contributed by atoms with Gasteiger partial charge in [0.1, 0.15) is 0 Å². The van der Waals surface area contributed by atoms with Crippen molar-refractivity contribution < 1.29 is 14.3 Å². The lowest BCUT2D eigenvalue weighted by Gasteiger charge is -2.13. The maximum absolute atomic E-state index is 11.4. The molecular weight excluding hydrogens is 206 g/mol. The van der Waals surface area contributed by atoms with E-state index in [1.807, 2.05) is 19.1 Å². The number of anilines is 1. The molecule has 0 spiro atoms. The van der Waals surface area contributed by atoms with Crippen molar-refractivity contribution in [3.8, 4) is 0 Å². The summed E-state index contributed by atoms with van der Waals surface area (Å²) < 4.78 is 9.71. The van der Waals surface area contributed by atoms with Crippen molar-refractivity contribution >= 4 is 11.8 Å². The average Bonchev–Trinajstić information content (AvgIpc) is 2.24. The van der Waals surface area contributed by atoms with E-state index in [4.69, 9.17) is 9.47 Å². The Morgan fingerprint density at radius 1 is 1.50 bits per heavy atom. The van der Waals surface area contributed by atoms with Crippen molar-refractivity contribution in [2.24, 2.45) is 0 Å². The number of carbonyl (C=O) groups excluding carboxylic acids is 1. The molecule has 4 heteroatoms. The van der Waals surface area contributed by atoms with Crippen LogP contribution in [-0.2, 0) is 9.47 Å². The van der Waals surface area contributed by atoms with E-state index in [0.29, 0.717) is 5.69 Å². The highest BCUT2D eigenvalue weighted by Gasteiger charge is 2.09. The highest BCUT2D eigenvalue weighted by molar-refractivity contribution is 5.86. The van der Waals surface area contributed by atoms with E-state index in [2.05, 4.69) is 12.2 Å². The maximum atomic E-state index is 11.4. The van der Waals surface area contributed by atoms with Crippen LogP contribution in [0.4, 0.5) is 10.5 Å². The third-order valence-electron chi connectivity index (χ3n) is 2.25. The first kappa shape index (κ1) is 12.5. The fourth-order valence-corrected chi connectivity index (χ4v) is 1.16. The molecule has 0 saturated carbocycles. The maximum Gasteiger partial charge on any atom is 0.413 e. The summed E-state index contributed by atoms with van der Waals surface area (Å²) in [6.45, 7) is 7.44. The van der Waals surface area contributed by atoms with Gasteiger partial charge in [-0.1, -0.05) is 12.1 Å². The minimum Gasteiger partial charge on any atom is -0.420 e. The minimum absolute atomic E-state index is 0.551. The Kier molecular flexibility index (Phi) is 4.31. The highest BCUT2D eigenvalue weighted by atomic mass is 16.7. The van der Waals surface area contributed by atoms with Gasteiger partial charge < -0.3 is 9.47 Å². The average molecular weight is 222 g/mol. The Hall–Kier alpha value is -1.55. The van der Waals surface area contributed by atoms with E-state index in [-0.39, 0.29) is 0 Å². The lowest BCUT2D eigenvalue weighted by Crippen LogP contribution is -2.21. The molecule has 0 bridgehead atoms. The molecule has 0 saturated heterocycles. The number of hydrogen-bond acceptors (Lipinski definition) is 3. The van der Waals surface area contributed by atoms with E-state index >= 15 is 0 Å². The van der Waals surface area contributed by atoms with Gasteiger partial charge in [0.25, 0.3) is 0 Å². The van der Waals surface area contributed by atoms with Gasteiger partial charge in [0.2, 0.25) is 6.29 Å². The molecule has 0 aliphatic heterocycles. The first-order valence-corrected chi connectivity index (χ1v) is 4.96. The first-order valence-electron chi connectivity index (χ1n) is 4.96. The zero-order chi connectivity index (χ0) is 12.1. The number of nitrogens with one attached hydrogen (secondary N) is 1. The number of amides is 1. The molecule has 1 amide bonds. The van der Waals surface area contributed by atoms with Gasteiger partial charge in [-0.15, -0.1) is 0 Å². The number of methoxy groups -OCH3 is 1. The van der Waals surface area contributed by atoms with E-state index in [0.717, 1.165) is 11.1 Å². The quantitative estimate of drug-likeness (QED) is 0.800.